The van der Waals surface area contributed by atoms with Gasteiger partial charge in [-0.05, 0) is 25.1 Å². The first-order valence-corrected chi connectivity index (χ1v) is 5.01. The highest BCUT2D eigenvalue weighted by Gasteiger charge is 2.34. The zero-order valence-electron chi connectivity index (χ0n) is 9.25. The average molecular weight is 255 g/mol. The van der Waals surface area contributed by atoms with Gasteiger partial charge in [0.15, 0.2) is 0 Å². The van der Waals surface area contributed by atoms with Crippen molar-refractivity contribution in [3.8, 4) is 0 Å². The van der Waals surface area contributed by atoms with E-state index in [0.717, 1.165) is 5.56 Å². The van der Waals surface area contributed by atoms with Crippen LogP contribution in [0, 0.1) is 6.92 Å². The van der Waals surface area contributed by atoms with Crippen molar-refractivity contribution in [1.29, 1.82) is 0 Å². The van der Waals surface area contributed by atoms with Gasteiger partial charge in [0.05, 0.1) is 11.1 Å². The highest BCUT2D eigenvalue weighted by molar-refractivity contribution is 6.02. The first-order chi connectivity index (χ1) is 8.29. The number of carbonyl (C=O) groups is 1. The molecule has 2 aromatic rings. The van der Waals surface area contributed by atoms with Crippen LogP contribution in [0.25, 0.3) is 10.9 Å². The molecule has 6 heteroatoms. The Balaban J connectivity index is 2.83. The molecule has 0 saturated carbocycles. The number of pyridine rings is 1. The van der Waals surface area contributed by atoms with Gasteiger partial charge in [-0.25, -0.2) is 9.78 Å². The Morgan fingerprint density at radius 2 is 1.94 bits per heavy atom. The molecule has 3 nitrogen and oxygen atoms in total. The number of halogens is 3. The van der Waals surface area contributed by atoms with E-state index in [-0.39, 0.29) is 10.9 Å². The summed E-state index contributed by atoms with van der Waals surface area (Å²) in [5.41, 5.74) is -0.813. The van der Waals surface area contributed by atoms with Gasteiger partial charge in [-0.2, -0.15) is 13.2 Å². The van der Waals surface area contributed by atoms with Crippen LogP contribution in [-0.4, -0.2) is 16.1 Å². The monoisotopic (exact) mass is 255 g/mol. The van der Waals surface area contributed by atoms with Crippen LogP contribution in [0.15, 0.2) is 24.3 Å². The highest BCUT2D eigenvalue weighted by Crippen LogP contribution is 2.31. The van der Waals surface area contributed by atoms with E-state index in [2.05, 4.69) is 4.98 Å². The lowest BCUT2D eigenvalue weighted by atomic mass is 10.1. The Hall–Kier alpha value is -2.11. The molecule has 0 aliphatic heterocycles. The third-order valence-corrected chi connectivity index (χ3v) is 2.49. The fraction of sp³-hybridized carbons (Fsp3) is 0.167. The summed E-state index contributed by atoms with van der Waals surface area (Å²) in [6.45, 7) is 1.72. The van der Waals surface area contributed by atoms with Crippen molar-refractivity contribution in [2.24, 2.45) is 0 Å². The second-order valence-corrected chi connectivity index (χ2v) is 3.88. The van der Waals surface area contributed by atoms with Crippen LogP contribution >= 0.6 is 0 Å². The number of nitrogens with zero attached hydrogens (tertiary/aromatic N) is 1. The summed E-state index contributed by atoms with van der Waals surface area (Å²) >= 11 is 0. The van der Waals surface area contributed by atoms with Gasteiger partial charge in [0.25, 0.3) is 0 Å². The fourth-order valence-corrected chi connectivity index (χ4v) is 1.66. The third-order valence-electron chi connectivity index (χ3n) is 2.49. The second kappa shape index (κ2) is 3.97. The SMILES string of the molecule is Cc1ccc2nc(C(F)(F)F)cc(C(=O)O)c2c1. The van der Waals surface area contributed by atoms with E-state index in [0.29, 0.717) is 6.07 Å². The molecule has 0 radical (unpaired) electrons. The van der Waals surface area contributed by atoms with Crippen LogP contribution in [0.4, 0.5) is 13.2 Å². The predicted molar refractivity (Wildman–Crippen MR) is 58.4 cm³/mol. The van der Waals surface area contributed by atoms with Crippen molar-refractivity contribution in [3.05, 3.63) is 41.1 Å². The van der Waals surface area contributed by atoms with Gasteiger partial charge in [0.2, 0.25) is 0 Å². The van der Waals surface area contributed by atoms with Crippen LogP contribution < -0.4 is 0 Å². The summed E-state index contributed by atoms with van der Waals surface area (Å²) in [6, 6.07) is 5.03. The van der Waals surface area contributed by atoms with Crippen LogP contribution in [0.5, 0.6) is 0 Å². The van der Waals surface area contributed by atoms with E-state index in [4.69, 9.17) is 5.11 Å². The molecule has 1 aromatic heterocycles. The molecule has 2 rings (SSSR count). The molecule has 0 aliphatic rings. The summed E-state index contributed by atoms with van der Waals surface area (Å²) in [4.78, 5) is 14.5. The maximum absolute atomic E-state index is 12.6. The Kier molecular flexibility index (Phi) is 2.73. The van der Waals surface area contributed by atoms with E-state index < -0.39 is 23.4 Å². The molecule has 1 N–H and O–H groups in total. The van der Waals surface area contributed by atoms with Crippen molar-refractivity contribution in [2.45, 2.75) is 13.1 Å². The molecule has 0 unspecified atom stereocenters. The number of hydrogen-bond acceptors (Lipinski definition) is 2. The maximum Gasteiger partial charge on any atom is 0.433 e. The van der Waals surface area contributed by atoms with E-state index in [1.165, 1.54) is 12.1 Å². The Labute approximate surface area is 99.9 Å². The van der Waals surface area contributed by atoms with Gasteiger partial charge in [-0.3, -0.25) is 0 Å². The zero-order chi connectivity index (χ0) is 13.5. The van der Waals surface area contributed by atoms with Gasteiger partial charge in [0.1, 0.15) is 5.69 Å². The quantitative estimate of drug-likeness (QED) is 0.850. The van der Waals surface area contributed by atoms with E-state index in [9.17, 15) is 18.0 Å². The van der Waals surface area contributed by atoms with E-state index in [1.54, 1.807) is 13.0 Å². The summed E-state index contributed by atoms with van der Waals surface area (Å²) in [5.74, 6) is -1.40. The average Bonchev–Trinajstić information content (AvgIpc) is 2.25. The van der Waals surface area contributed by atoms with Gasteiger partial charge in [-0.1, -0.05) is 11.6 Å². The van der Waals surface area contributed by atoms with Crippen LogP contribution in [-0.2, 0) is 6.18 Å². The minimum absolute atomic E-state index is 0.0211. The largest absolute Gasteiger partial charge is 0.478 e. The summed E-state index contributed by atoms with van der Waals surface area (Å²) in [6.07, 6.45) is -4.66. The smallest absolute Gasteiger partial charge is 0.433 e. The lowest BCUT2D eigenvalue weighted by Crippen LogP contribution is -2.11. The molecule has 94 valence electrons. The molecule has 1 aromatic carbocycles. The molecule has 0 amide bonds. The predicted octanol–water partition coefficient (Wildman–Crippen LogP) is 3.26. The molecule has 1 heterocycles. The number of fused-ring (bicyclic) bond motifs is 1. The number of rotatable bonds is 1. The van der Waals surface area contributed by atoms with Crippen LogP contribution in [0.1, 0.15) is 21.6 Å². The Morgan fingerprint density at radius 1 is 1.28 bits per heavy atom. The molecule has 0 spiro atoms. The molecular formula is C12H8F3NO2. The minimum Gasteiger partial charge on any atom is -0.478 e. The molecule has 0 fully saturated rings. The molecule has 0 atom stereocenters. The highest BCUT2D eigenvalue weighted by atomic mass is 19.4. The maximum atomic E-state index is 12.6. The molecule has 0 aliphatic carbocycles. The lowest BCUT2D eigenvalue weighted by molar-refractivity contribution is -0.140. The number of aromatic nitrogens is 1. The number of aryl methyl sites for hydroxylation is 1. The summed E-state index contributed by atoms with van der Waals surface area (Å²) < 4.78 is 37.7. The summed E-state index contributed by atoms with van der Waals surface area (Å²) in [7, 11) is 0. The normalized spacial score (nSPS) is 11.8. The van der Waals surface area contributed by atoms with E-state index >= 15 is 0 Å². The second-order valence-electron chi connectivity index (χ2n) is 3.88. The third kappa shape index (κ3) is 2.13. The standard InChI is InChI=1S/C12H8F3NO2/c1-6-2-3-9-7(4-6)8(11(17)18)5-10(16-9)12(13,14)15/h2-5H,1H3,(H,17,18). The Bertz CT molecular complexity index is 635. The Morgan fingerprint density at radius 3 is 2.50 bits per heavy atom. The zero-order valence-corrected chi connectivity index (χ0v) is 9.25. The van der Waals surface area contributed by atoms with Crippen molar-refractivity contribution in [1.82, 2.24) is 4.98 Å². The van der Waals surface area contributed by atoms with Crippen LogP contribution in [0.2, 0.25) is 0 Å². The molecule has 0 saturated heterocycles. The summed E-state index contributed by atoms with van der Waals surface area (Å²) in [5, 5.41) is 9.17. The number of hydrogen-bond donors (Lipinski definition) is 1. The van der Waals surface area contributed by atoms with Crippen molar-refractivity contribution < 1.29 is 23.1 Å². The molecular weight excluding hydrogens is 247 g/mol. The van der Waals surface area contributed by atoms with Crippen LogP contribution in [0.3, 0.4) is 0 Å². The first-order valence-electron chi connectivity index (χ1n) is 5.01. The van der Waals surface area contributed by atoms with Crippen molar-refractivity contribution in [2.75, 3.05) is 0 Å². The van der Waals surface area contributed by atoms with Gasteiger partial charge in [-0.15, -0.1) is 0 Å². The van der Waals surface area contributed by atoms with Gasteiger partial charge in [0, 0.05) is 5.39 Å². The first kappa shape index (κ1) is 12.3. The number of carboxylic acids is 1. The minimum atomic E-state index is -4.66. The number of aromatic carboxylic acids is 1. The number of alkyl halides is 3. The number of carboxylic acid groups (broad SMARTS) is 1. The van der Waals surface area contributed by atoms with Crippen molar-refractivity contribution in [3.63, 3.8) is 0 Å². The van der Waals surface area contributed by atoms with Gasteiger partial charge >= 0.3 is 12.1 Å². The van der Waals surface area contributed by atoms with Gasteiger partial charge < -0.3 is 5.11 Å². The topological polar surface area (TPSA) is 50.2 Å². The van der Waals surface area contributed by atoms with Crippen molar-refractivity contribution >= 4 is 16.9 Å². The molecule has 18 heavy (non-hydrogen) atoms. The fourth-order valence-electron chi connectivity index (χ4n) is 1.66. The molecule has 0 bridgehead atoms. The lowest BCUT2D eigenvalue weighted by Gasteiger charge is -2.09. The number of benzene rings is 1. The van der Waals surface area contributed by atoms with E-state index in [1.807, 2.05) is 0 Å².